The van der Waals surface area contributed by atoms with Crippen LogP contribution in [0.2, 0.25) is 0 Å². The fourth-order valence-corrected chi connectivity index (χ4v) is 3.06. The Bertz CT molecular complexity index is 456. The molecule has 0 atom stereocenters. The van der Waals surface area contributed by atoms with E-state index in [1.807, 2.05) is 36.1 Å². The van der Waals surface area contributed by atoms with Crippen molar-refractivity contribution in [2.45, 2.75) is 45.1 Å². The average molecular weight is 290 g/mol. The van der Waals surface area contributed by atoms with Gasteiger partial charge < -0.3 is 15.4 Å². The van der Waals surface area contributed by atoms with Crippen LogP contribution in [0, 0.1) is 0 Å². The first kappa shape index (κ1) is 15.8. The topological polar surface area (TPSA) is 55.6 Å². The maximum Gasteiger partial charge on any atom is 0.257 e. The van der Waals surface area contributed by atoms with Crippen LogP contribution in [0.4, 0.5) is 0 Å². The molecule has 0 spiro atoms. The van der Waals surface area contributed by atoms with E-state index in [1.54, 1.807) is 0 Å². The van der Waals surface area contributed by atoms with E-state index in [9.17, 15) is 4.79 Å². The molecule has 0 saturated heterocycles. The maximum atomic E-state index is 12.9. The lowest BCUT2D eigenvalue weighted by atomic mass is 9.93. The largest absolute Gasteiger partial charge is 0.493 e. The summed E-state index contributed by atoms with van der Waals surface area (Å²) in [7, 11) is 0. The summed E-state index contributed by atoms with van der Waals surface area (Å²) in [6.07, 6.45) is 5.85. The summed E-state index contributed by atoms with van der Waals surface area (Å²) in [5.74, 6) is 0.722. The number of ether oxygens (including phenoxy) is 1. The van der Waals surface area contributed by atoms with Crippen molar-refractivity contribution in [3.63, 3.8) is 0 Å². The Morgan fingerprint density at radius 1 is 1.29 bits per heavy atom. The third-order valence-electron chi connectivity index (χ3n) is 4.06. The minimum Gasteiger partial charge on any atom is -0.493 e. The first-order valence-corrected chi connectivity index (χ1v) is 8.00. The molecule has 1 saturated carbocycles. The maximum absolute atomic E-state index is 12.9. The molecule has 1 fully saturated rings. The molecule has 0 radical (unpaired) electrons. The van der Waals surface area contributed by atoms with Gasteiger partial charge in [-0.05, 0) is 31.9 Å². The van der Waals surface area contributed by atoms with Gasteiger partial charge in [0.05, 0.1) is 12.2 Å². The first-order chi connectivity index (χ1) is 10.3. The molecule has 0 heterocycles. The zero-order valence-corrected chi connectivity index (χ0v) is 12.9. The van der Waals surface area contributed by atoms with E-state index in [0.717, 1.165) is 12.8 Å². The van der Waals surface area contributed by atoms with E-state index >= 15 is 0 Å². The van der Waals surface area contributed by atoms with Gasteiger partial charge in [0.2, 0.25) is 0 Å². The van der Waals surface area contributed by atoms with Gasteiger partial charge in [0, 0.05) is 19.1 Å². The second-order valence-corrected chi connectivity index (χ2v) is 5.51. The summed E-state index contributed by atoms with van der Waals surface area (Å²) in [4.78, 5) is 14.9. The first-order valence-electron chi connectivity index (χ1n) is 8.00. The zero-order valence-electron chi connectivity index (χ0n) is 12.9. The van der Waals surface area contributed by atoms with Gasteiger partial charge in [-0.25, -0.2) is 0 Å². The Balaban J connectivity index is 2.21. The van der Waals surface area contributed by atoms with E-state index in [2.05, 4.69) is 0 Å². The minimum atomic E-state index is 0.0522. The Kier molecular flexibility index (Phi) is 6.05. The van der Waals surface area contributed by atoms with Crippen molar-refractivity contribution in [2.24, 2.45) is 5.73 Å². The average Bonchev–Trinajstić information content (AvgIpc) is 2.54. The van der Waals surface area contributed by atoms with Crippen LogP contribution in [0.3, 0.4) is 0 Å². The molecule has 4 heteroatoms. The molecule has 116 valence electrons. The van der Waals surface area contributed by atoms with Gasteiger partial charge in [0.15, 0.2) is 0 Å². The lowest BCUT2D eigenvalue weighted by Gasteiger charge is -2.34. The van der Waals surface area contributed by atoms with Gasteiger partial charge in [-0.3, -0.25) is 4.79 Å². The number of carbonyl (C=O) groups excluding carboxylic acids is 1. The van der Waals surface area contributed by atoms with Gasteiger partial charge in [-0.1, -0.05) is 31.4 Å². The third kappa shape index (κ3) is 3.97. The third-order valence-corrected chi connectivity index (χ3v) is 4.06. The van der Waals surface area contributed by atoms with Gasteiger partial charge >= 0.3 is 0 Å². The summed E-state index contributed by atoms with van der Waals surface area (Å²) in [5.41, 5.74) is 6.37. The van der Waals surface area contributed by atoms with Crippen LogP contribution in [0.15, 0.2) is 24.3 Å². The molecular formula is C17H26N2O2. The Morgan fingerprint density at radius 2 is 2.00 bits per heavy atom. The summed E-state index contributed by atoms with van der Waals surface area (Å²) < 4.78 is 5.60. The molecular weight excluding hydrogens is 264 g/mol. The smallest absolute Gasteiger partial charge is 0.257 e. The van der Waals surface area contributed by atoms with Crippen LogP contribution in [-0.2, 0) is 0 Å². The highest BCUT2D eigenvalue weighted by Gasteiger charge is 2.27. The van der Waals surface area contributed by atoms with Crippen LogP contribution in [0.1, 0.15) is 49.4 Å². The zero-order chi connectivity index (χ0) is 15.1. The van der Waals surface area contributed by atoms with E-state index in [-0.39, 0.29) is 5.91 Å². The molecule has 0 aliphatic heterocycles. The fourth-order valence-electron chi connectivity index (χ4n) is 3.06. The minimum absolute atomic E-state index is 0.0522. The van der Waals surface area contributed by atoms with Crippen LogP contribution in [0.25, 0.3) is 0 Å². The molecule has 1 amide bonds. The van der Waals surface area contributed by atoms with E-state index in [4.69, 9.17) is 10.5 Å². The summed E-state index contributed by atoms with van der Waals surface area (Å²) in [6, 6.07) is 7.81. The van der Waals surface area contributed by atoms with Gasteiger partial charge in [-0.15, -0.1) is 0 Å². The van der Waals surface area contributed by atoms with Gasteiger partial charge in [0.25, 0.3) is 5.91 Å². The normalized spacial score (nSPS) is 15.7. The van der Waals surface area contributed by atoms with Crippen LogP contribution in [0.5, 0.6) is 5.75 Å². The van der Waals surface area contributed by atoms with Crippen molar-refractivity contribution < 1.29 is 9.53 Å². The van der Waals surface area contributed by atoms with Crippen molar-refractivity contribution in [2.75, 3.05) is 19.7 Å². The predicted molar refractivity (Wildman–Crippen MR) is 84.6 cm³/mol. The van der Waals surface area contributed by atoms with Gasteiger partial charge in [-0.2, -0.15) is 0 Å². The molecule has 2 rings (SSSR count). The Hall–Kier alpha value is -1.55. The molecule has 0 bridgehead atoms. The highest BCUT2D eigenvalue weighted by Crippen LogP contribution is 2.26. The number of carbonyl (C=O) groups is 1. The van der Waals surface area contributed by atoms with Crippen molar-refractivity contribution >= 4 is 5.91 Å². The molecule has 1 aromatic rings. The quantitative estimate of drug-likeness (QED) is 0.876. The molecule has 21 heavy (non-hydrogen) atoms. The number of amides is 1. The monoisotopic (exact) mass is 290 g/mol. The van der Waals surface area contributed by atoms with Gasteiger partial charge in [0.1, 0.15) is 5.75 Å². The summed E-state index contributed by atoms with van der Waals surface area (Å²) in [5, 5.41) is 0. The Labute approximate surface area is 127 Å². The predicted octanol–water partition coefficient (Wildman–Crippen LogP) is 2.82. The van der Waals surface area contributed by atoms with Crippen molar-refractivity contribution in [3.8, 4) is 5.75 Å². The van der Waals surface area contributed by atoms with Crippen LogP contribution in [-0.4, -0.2) is 36.5 Å². The summed E-state index contributed by atoms with van der Waals surface area (Å²) >= 11 is 0. The molecule has 2 N–H and O–H groups in total. The second-order valence-electron chi connectivity index (χ2n) is 5.51. The van der Waals surface area contributed by atoms with Crippen molar-refractivity contribution in [1.29, 1.82) is 0 Å². The molecule has 4 nitrogen and oxygen atoms in total. The molecule has 1 aliphatic carbocycles. The van der Waals surface area contributed by atoms with Crippen molar-refractivity contribution in [1.82, 2.24) is 4.90 Å². The molecule has 0 aromatic heterocycles. The Morgan fingerprint density at radius 3 is 2.67 bits per heavy atom. The fraction of sp³-hybridized carbons (Fsp3) is 0.588. The lowest BCUT2D eigenvalue weighted by molar-refractivity contribution is 0.0637. The molecule has 1 aromatic carbocycles. The number of rotatable bonds is 6. The number of benzene rings is 1. The molecule has 1 aliphatic rings. The highest BCUT2D eigenvalue weighted by atomic mass is 16.5. The lowest BCUT2D eigenvalue weighted by Crippen LogP contribution is -2.44. The molecule has 0 unspecified atom stereocenters. The summed E-state index contributed by atoms with van der Waals surface area (Å²) in [6.45, 7) is 3.60. The number of hydrogen-bond donors (Lipinski definition) is 1. The standard InChI is InChI=1S/C17H26N2O2/c1-2-21-16-11-7-6-10-15(16)17(20)19(13-12-18)14-8-4-3-5-9-14/h6-7,10-11,14H,2-5,8-9,12-13,18H2,1H3. The number of para-hydroxylation sites is 1. The number of nitrogens with zero attached hydrogens (tertiary/aromatic N) is 1. The number of nitrogens with two attached hydrogens (primary N) is 1. The number of hydrogen-bond acceptors (Lipinski definition) is 3. The van der Waals surface area contributed by atoms with Crippen LogP contribution >= 0.6 is 0 Å². The van der Waals surface area contributed by atoms with E-state index in [1.165, 1.54) is 19.3 Å². The van der Waals surface area contributed by atoms with Crippen LogP contribution < -0.4 is 10.5 Å². The SMILES string of the molecule is CCOc1ccccc1C(=O)N(CCN)C1CCCCC1. The van der Waals surface area contributed by atoms with Crippen molar-refractivity contribution in [3.05, 3.63) is 29.8 Å². The highest BCUT2D eigenvalue weighted by molar-refractivity contribution is 5.97. The van der Waals surface area contributed by atoms with E-state index in [0.29, 0.717) is 37.1 Å². The second kappa shape index (κ2) is 8.03. The van der Waals surface area contributed by atoms with E-state index < -0.39 is 0 Å².